The second-order valence-corrected chi connectivity index (χ2v) is 7.42. The summed E-state index contributed by atoms with van der Waals surface area (Å²) in [6.45, 7) is 1.80. The fraction of sp³-hybridized carbons (Fsp3) is 0.105. The Bertz CT molecular complexity index is 907. The Hall–Kier alpha value is -2.64. The second kappa shape index (κ2) is 7.72. The second-order valence-electron chi connectivity index (χ2n) is 5.74. The molecule has 1 heterocycles. The molecule has 1 fully saturated rings. The number of aromatic hydroxyl groups is 1. The molecule has 1 aliphatic rings. The molecule has 0 aliphatic carbocycles. The first-order valence-corrected chi connectivity index (χ1v) is 9.06. The van der Waals surface area contributed by atoms with Crippen molar-refractivity contribution in [1.29, 1.82) is 0 Å². The molecule has 2 aromatic rings. The van der Waals surface area contributed by atoms with Gasteiger partial charge in [-0.2, -0.15) is 0 Å². The fourth-order valence-electron chi connectivity index (χ4n) is 2.37. The number of aryl methyl sites for hydroxylation is 1. The van der Waals surface area contributed by atoms with Gasteiger partial charge in [-0.05, 0) is 31.2 Å². The molecule has 0 aromatic heterocycles. The highest BCUT2D eigenvalue weighted by atomic mass is 32.2. The maximum Gasteiger partial charge on any atom is 0.266 e. The summed E-state index contributed by atoms with van der Waals surface area (Å²) in [5, 5.41) is 12.6. The third-order valence-corrected chi connectivity index (χ3v) is 5.11. The van der Waals surface area contributed by atoms with Crippen LogP contribution in [0.25, 0.3) is 6.08 Å². The van der Waals surface area contributed by atoms with Crippen molar-refractivity contribution >= 4 is 51.9 Å². The number of phenolic OH excluding ortho intramolecular Hbond substituents is 1. The average molecular weight is 384 g/mol. The topological polar surface area (TPSA) is 69.6 Å². The maximum absolute atomic E-state index is 12.6. The van der Waals surface area contributed by atoms with Gasteiger partial charge in [0, 0.05) is 11.3 Å². The highest BCUT2D eigenvalue weighted by Gasteiger charge is 2.33. The zero-order chi connectivity index (χ0) is 18.7. The summed E-state index contributed by atoms with van der Waals surface area (Å²) in [7, 11) is 0. The Morgan fingerprint density at radius 3 is 2.62 bits per heavy atom. The number of rotatable bonds is 4. The van der Waals surface area contributed by atoms with Gasteiger partial charge in [0.15, 0.2) is 0 Å². The standard InChI is InChI=1S/C19H16N2O3S2/c1-12-6-8-14(9-7-12)20-17(23)11-21-18(24)16(26-19(21)25)10-13-4-2-3-5-15(13)22/h2-10,22H,11H2,1H3,(H,20,23)/b16-10-. The summed E-state index contributed by atoms with van der Waals surface area (Å²) >= 11 is 6.34. The van der Waals surface area contributed by atoms with E-state index in [2.05, 4.69) is 5.32 Å². The molecule has 0 unspecified atom stereocenters. The third kappa shape index (κ3) is 4.12. The summed E-state index contributed by atoms with van der Waals surface area (Å²) in [6.07, 6.45) is 1.58. The quantitative estimate of drug-likeness (QED) is 0.623. The number of hydrogen-bond donors (Lipinski definition) is 2. The maximum atomic E-state index is 12.6. The molecule has 26 heavy (non-hydrogen) atoms. The van der Waals surface area contributed by atoms with Crippen LogP contribution in [0.2, 0.25) is 0 Å². The number of thioether (sulfide) groups is 1. The molecule has 0 spiro atoms. The largest absolute Gasteiger partial charge is 0.507 e. The molecular formula is C19H16N2O3S2. The van der Waals surface area contributed by atoms with Crippen molar-refractivity contribution in [1.82, 2.24) is 4.90 Å². The molecule has 2 aromatic carbocycles. The van der Waals surface area contributed by atoms with Gasteiger partial charge in [0.1, 0.15) is 16.6 Å². The van der Waals surface area contributed by atoms with Crippen molar-refractivity contribution in [2.45, 2.75) is 6.92 Å². The van der Waals surface area contributed by atoms with Crippen LogP contribution in [-0.4, -0.2) is 32.7 Å². The monoisotopic (exact) mass is 384 g/mol. The molecule has 0 bridgehead atoms. The van der Waals surface area contributed by atoms with Gasteiger partial charge in [-0.1, -0.05) is 59.9 Å². The molecule has 2 amide bonds. The zero-order valence-electron chi connectivity index (χ0n) is 13.9. The Morgan fingerprint density at radius 2 is 1.92 bits per heavy atom. The lowest BCUT2D eigenvalue weighted by Gasteiger charge is -2.14. The Labute approximate surface area is 160 Å². The van der Waals surface area contributed by atoms with Crippen molar-refractivity contribution in [3.63, 3.8) is 0 Å². The summed E-state index contributed by atoms with van der Waals surface area (Å²) in [6, 6.07) is 14.1. The van der Waals surface area contributed by atoms with E-state index in [4.69, 9.17) is 12.2 Å². The van der Waals surface area contributed by atoms with E-state index < -0.39 is 0 Å². The molecule has 0 saturated carbocycles. The highest BCUT2D eigenvalue weighted by molar-refractivity contribution is 8.26. The van der Waals surface area contributed by atoms with E-state index in [1.807, 2.05) is 19.1 Å². The number of amides is 2. The average Bonchev–Trinajstić information content (AvgIpc) is 2.86. The SMILES string of the molecule is Cc1ccc(NC(=O)CN2C(=O)/C(=C/c3ccccc3O)SC2=S)cc1. The van der Waals surface area contributed by atoms with Gasteiger partial charge in [0.05, 0.1) is 4.91 Å². The van der Waals surface area contributed by atoms with E-state index >= 15 is 0 Å². The van der Waals surface area contributed by atoms with Crippen LogP contribution in [0.3, 0.4) is 0 Å². The van der Waals surface area contributed by atoms with Crippen LogP contribution in [0, 0.1) is 6.92 Å². The highest BCUT2D eigenvalue weighted by Crippen LogP contribution is 2.33. The molecule has 0 atom stereocenters. The van der Waals surface area contributed by atoms with E-state index in [0.717, 1.165) is 17.3 Å². The van der Waals surface area contributed by atoms with Gasteiger partial charge < -0.3 is 10.4 Å². The Morgan fingerprint density at radius 1 is 1.23 bits per heavy atom. The van der Waals surface area contributed by atoms with Crippen LogP contribution in [0.15, 0.2) is 53.4 Å². The number of carbonyl (C=O) groups excluding carboxylic acids is 2. The molecule has 0 radical (unpaired) electrons. The van der Waals surface area contributed by atoms with Crippen molar-refractivity contribution in [2.75, 3.05) is 11.9 Å². The first-order chi connectivity index (χ1) is 12.4. The van der Waals surface area contributed by atoms with Crippen molar-refractivity contribution in [3.8, 4) is 5.75 Å². The van der Waals surface area contributed by atoms with Gasteiger partial charge >= 0.3 is 0 Å². The summed E-state index contributed by atoms with van der Waals surface area (Å²) in [5.41, 5.74) is 2.28. The minimum Gasteiger partial charge on any atom is -0.507 e. The molecule has 7 heteroatoms. The number of anilines is 1. The molecule has 1 saturated heterocycles. The van der Waals surface area contributed by atoms with Gasteiger partial charge in [-0.25, -0.2) is 0 Å². The third-order valence-electron chi connectivity index (χ3n) is 3.73. The van der Waals surface area contributed by atoms with E-state index in [-0.39, 0.29) is 24.1 Å². The van der Waals surface area contributed by atoms with E-state index in [1.165, 1.54) is 4.90 Å². The number of nitrogens with one attached hydrogen (secondary N) is 1. The lowest BCUT2D eigenvalue weighted by Crippen LogP contribution is -2.36. The first kappa shape index (κ1) is 18.2. The minimum absolute atomic E-state index is 0.0786. The predicted molar refractivity (Wildman–Crippen MR) is 108 cm³/mol. The van der Waals surface area contributed by atoms with E-state index in [0.29, 0.717) is 20.5 Å². The molecule has 132 valence electrons. The number of carbonyl (C=O) groups is 2. The van der Waals surface area contributed by atoms with Crippen LogP contribution in [0.1, 0.15) is 11.1 Å². The number of para-hydroxylation sites is 1. The summed E-state index contributed by atoms with van der Waals surface area (Å²) < 4.78 is 0.315. The van der Waals surface area contributed by atoms with Crippen LogP contribution in [-0.2, 0) is 9.59 Å². The number of phenols is 1. The number of thiocarbonyl (C=S) groups is 1. The van der Waals surface area contributed by atoms with E-state index in [9.17, 15) is 14.7 Å². The van der Waals surface area contributed by atoms with Crippen LogP contribution >= 0.6 is 24.0 Å². The number of hydrogen-bond acceptors (Lipinski definition) is 5. The first-order valence-electron chi connectivity index (χ1n) is 7.84. The van der Waals surface area contributed by atoms with E-state index in [1.54, 1.807) is 42.5 Å². The predicted octanol–water partition coefficient (Wildman–Crippen LogP) is 3.54. The lowest BCUT2D eigenvalue weighted by molar-refractivity contribution is -0.126. The summed E-state index contributed by atoms with van der Waals surface area (Å²) in [5.74, 6) is -0.592. The van der Waals surface area contributed by atoms with Gasteiger partial charge in [-0.15, -0.1) is 0 Å². The zero-order valence-corrected chi connectivity index (χ0v) is 15.6. The summed E-state index contributed by atoms with van der Waals surface area (Å²) in [4.78, 5) is 26.4. The van der Waals surface area contributed by atoms with Gasteiger partial charge in [0.25, 0.3) is 5.91 Å². The normalized spacial score (nSPS) is 15.6. The lowest BCUT2D eigenvalue weighted by atomic mass is 10.2. The molecule has 2 N–H and O–H groups in total. The minimum atomic E-state index is -0.345. The van der Waals surface area contributed by atoms with Crippen LogP contribution in [0.4, 0.5) is 5.69 Å². The van der Waals surface area contributed by atoms with Crippen LogP contribution < -0.4 is 5.32 Å². The van der Waals surface area contributed by atoms with Gasteiger partial charge in [0.2, 0.25) is 5.91 Å². The fourth-order valence-corrected chi connectivity index (χ4v) is 3.61. The number of benzene rings is 2. The molecule has 1 aliphatic heterocycles. The molecular weight excluding hydrogens is 368 g/mol. The molecule has 5 nitrogen and oxygen atoms in total. The van der Waals surface area contributed by atoms with Crippen LogP contribution in [0.5, 0.6) is 5.75 Å². The Balaban J connectivity index is 1.70. The van der Waals surface area contributed by atoms with Crippen molar-refractivity contribution < 1.29 is 14.7 Å². The van der Waals surface area contributed by atoms with Crippen molar-refractivity contribution in [3.05, 3.63) is 64.6 Å². The smallest absolute Gasteiger partial charge is 0.266 e. The number of nitrogens with zero attached hydrogens (tertiary/aromatic N) is 1. The van der Waals surface area contributed by atoms with Gasteiger partial charge in [-0.3, -0.25) is 14.5 Å². The Kier molecular flexibility index (Phi) is 5.39. The van der Waals surface area contributed by atoms with Crippen molar-refractivity contribution in [2.24, 2.45) is 0 Å². The molecule has 3 rings (SSSR count).